The number of fused-ring (bicyclic) bond motifs is 1. The number of hydrogen-bond donors (Lipinski definition) is 1. The van der Waals surface area contributed by atoms with Gasteiger partial charge in [-0.15, -0.1) is 0 Å². The molecule has 0 fully saturated rings. The zero-order chi connectivity index (χ0) is 12.5. The molecule has 3 aromatic rings. The first-order valence-electron chi connectivity index (χ1n) is 5.65. The van der Waals surface area contributed by atoms with E-state index in [0.717, 1.165) is 22.7 Å². The van der Waals surface area contributed by atoms with Gasteiger partial charge in [-0.05, 0) is 24.3 Å². The molecular weight excluding hydrogens is 226 g/mol. The minimum atomic E-state index is 0.714. The first kappa shape index (κ1) is 10.7. The van der Waals surface area contributed by atoms with Crippen molar-refractivity contribution >= 4 is 11.3 Å². The molecule has 4 nitrogen and oxygen atoms in total. The van der Waals surface area contributed by atoms with E-state index in [4.69, 9.17) is 10.5 Å². The topological polar surface area (TPSA) is 52.5 Å². The number of rotatable bonds is 2. The molecule has 0 saturated carbocycles. The minimum Gasteiger partial charge on any atom is -0.496 e. The highest BCUT2D eigenvalue weighted by Crippen LogP contribution is 2.29. The third-order valence-corrected chi connectivity index (χ3v) is 2.86. The van der Waals surface area contributed by atoms with Crippen molar-refractivity contribution in [3.05, 3.63) is 48.8 Å². The van der Waals surface area contributed by atoms with Crippen molar-refractivity contribution in [1.82, 2.24) is 9.38 Å². The van der Waals surface area contributed by atoms with Crippen LogP contribution in [0.2, 0.25) is 0 Å². The fraction of sp³-hybridized carbons (Fsp3) is 0.0714. The van der Waals surface area contributed by atoms with Crippen molar-refractivity contribution in [2.45, 2.75) is 0 Å². The van der Waals surface area contributed by atoms with Crippen LogP contribution in [0, 0.1) is 0 Å². The van der Waals surface area contributed by atoms with E-state index in [1.807, 2.05) is 53.2 Å². The first-order chi connectivity index (χ1) is 8.78. The average molecular weight is 239 g/mol. The maximum atomic E-state index is 5.75. The van der Waals surface area contributed by atoms with Gasteiger partial charge < -0.3 is 14.9 Å². The molecule has 90 valence electrons. The molecule has 0 spiro atoms. The van der Waals surface area contributed by atoms with Gasteiger partial charge in [0.25, 0.3) is 0 Å². The number of benzene rings is 1. The smallest absolute Gasteiger partial charge is 0.137 e. The number of imidazole rings is 1. The molecule has 0 aliphatic carbocycles. The molecule has 0 atom stereocenters. The van der Waals surface area contributed by atoms with Gasteiger partial charge in [0.2, 0.25) is 0 Å². The number of ether oxygens (including phenoxy) is 1. The van der Waals surface area contributed by atoms with Crippen LogP contribution in [-0.2, 0) is 0 Å². The Morgan fingerprint density at radius 3 is 2.78 bits per heavy atom. The Bertz CT molecular complexity index is 703. The van der Waals surface area contributed by atoms with E-state index in [2.05, 4.69) is 4.98 Å². The Kier molecular flexibility index (Phi) is 2.41. The maximum absolute atomic E-state index is 5.75. The summed E-state index contributed by atoms with van der Waals surface area (Å²) >= 11 is 0. The van der Waals surface area contributed by atoms with E-state index < -0.39 is 0 Å². The van der Waals surface area contributed by atoms with E-state index in [-0.39, 0.29) is 0 Å². The second kappa shape index (κ2) is 4.07. The predicted octanol–water partition coefficient (Wildman–Crippen LogP) is 2.59. The molecule has 4 heteroatoms. The lowest BCUT2D eigenvalue weighted by atomic mass is 10.1. The lowest BCUT2D eigenvalue weighted by Gasteiger charge is -2.04. The van der Waals surface area contributed by atoms with Crippen molar-refractivity contribution < 1.29 is 4.74 Å². The number of pyridine rings is 1. The molecule has 0 radical (unpaired) electrons. The number of aromatic nitrogens is 2. The first-order valence-corrected chi connectivity index (χ1v) is 5.65. The summed E-state index contributed by atoms with van der Waals surface area (Å²) in [5, 5.41) is 0. The van der Waals surface area contributed by atoms with Gasteiger partial charge in [-0.3, -0.25) is 0 Å². The summed E-state index contributed by atoms with van der Waals surface area (Å²) in [4.78, 5) is 4.56. The zero-order valence-electron chi connectivity index (χ0n) is 10.00. The quantitative estimate of drug-likeness (QED) is 0.747. The molecule has 1 aromatic carbocycles. The largest absolute Gasteiger partial charge is 0.496 e. The van der Waals surface area contributed by atoms with Crippen LogP contribution in [0.1, 0.15) is 0 Å². The predicted molar refractivity (Wildman–Crippen MR) is 71.6 cm³/mol. The van der Waals surface area contributed by atoms with Crippen LogP contribution in [-0.4, -0.2) is 16.5 Å². The van der Waals surface area contributed by atoms with Crippen molar-refractivity contribution in [3.63, 3.8) is 0 Å². The Labute approximate surface area is 105 Å². The lowest BCUT2D eigenvalue weighted by Crippen LogP contribution is -1.88. The van der Waals surface area contributed by atoms with Gasteiger partial charge in [-0.1, -0.05) is 12.1 Å². The van der Waals surface area contributed by atoms with Crippen molar-refractivity contribution in [1.29, 1.82) is 0 Å². The van der Waals surface area contributed by atoms with Gasteiger partial charge in [0.1, 0.15) is 11.4 Å². The second-order valence-electron chi connectivity index (χ2n) is 4.05. The third-order valence-electron chi connectivity index (χ3n) is 2.86. The Morgan fingerprint density at radius 1 is 1.11 bits per heavy atom. The Morgan fingerprint density at radius 2 is 1.94 bits per heavy atom. The minimum absolute atomic E-state index is 0.714. The summed E-state index contributed by atoms with van der Waals surface area (Å²) in [5.74, 6) is 0.814. The Hall–Kier alpha value is -2.49. The molecule has 2 N–H and O–H groups in total. The zero-order valence-corrected chi connectivity index (χ0v) is 10.00. The lowest BCUT2D eigenvalue weighted by molar-refractivity contribution is 0.416. The summed E-state index contributed by atoms with van der Waals surface area (Å²) in [6, 6.07) is 11.6. The molecule has 0 amide bonds. The van der Waals surface area contributed by atoms with Crippen LogP contribution < -0.4 is 10.5 Å². The number of nitrogens with two attached hydrogens (primary N) is 1. The summed E-state index contributed by atoms with van der Waals surface area (Å²) < 4.78 is 7.26. The number of anilines is 1. The van der Waals surface area contributed by atoms with Crippen LogP contribution >= 0.6 is 0 Å². The molecule has 0 bridgehead atoms. The van der Waals surface area contributed by atoms with Crippen molar-refractivity contribution in [2.75, 3.05) is 12.8 Å². The summed E-state index contributed by atoms with van der Waals surface area (Å²) in [6.45, 7) is 0. The van der Waals surface area contributed by atoms with E-state index >= 15 is 0 Å². The fourth-order valence-electron chi connectivity index (χ4n) is 2.00. The van der Waals surface area contributed by atoms with Gasteiger partial charge >= 0.3 is 0 Å². The SMILES string of the molecule is COc1ccccc1-c1cn2cc(N)ccc2n1. The highest BCUT2D eigenvalue weighted by molar-refractivity contribution is 5.69. The number of nitrogen functional groups attached to an aromatic ring is 1. The van der Waals surface area contributed by atoms with Crippen molar-refractivity contribution in [2.24, 2.45) is 0 Å². The van der Waals surface area contributed by atoms with Crippen LogP contribution in [0.4, 0.5) is 5.69 Å². The van der Waals surface area contributed by atoms with Gasteiger partial charge in [0.15, 0.2) is 0 Å². The van der Waals surface area contributed by atoms with E-state index in [1.54, 1.807) is 7.11 Å². The molecule has 0 aliphatic heterocycles. The molecule has 3 rings (SSSR count). The van der Waals surface area contributed by atoms with Crippen LogP contribution in [0.3, 0.4) is 0 Å². The third kappa shape index (κ3) is 1.68. The van der Waals surface area contributed by atoms with Crippen LogP contribution in [0.15, 0.2) is 48.8 Å². The molecule has 0 saturated heterocycles. The van der Waals surface area contributed by atoms with E-state index in [0.29, 0.717) is 5.69 Å². The fourth-order valence-corrected chi connectivity index (χ4v) is 2.00. The molecular formula is C14H13N3O. The van der Waals surface area contributed by atoms with E-state index in [9.17, 15) is 0 Å². The Balaban J connectivity index is 2.19. The summed E-state index contributed by atoms with van der Waals surface area (Å²) in [6.07, 6.45) is 3.80. The summed E-state index contributed by atoms with van der Waals surface area (Å²) in [7, 11) is 1.66. The summed E-state index contributed by atoms with van der Waals surface area (Å²) in [5.41, 5.74) is 9.18. The average Bonchev–Trinajstić information content (AvgIpc) is 2.81. The molecule has 2 heterocycles. The molecule has 2 aromatic heterocycles. The highest BCUT2D eigenvalue weighted by atomic mass is 16.5. The molecule has 0 unspecified atom stereocenters. The monoisotopic (exact) mass is 239 g/mol. The second-order valence-corrected chi connectivity index (χ2v) is 4.05. The van der Waals surface area contributed by atoms with Gasteiger partial charge in [-0.2, -0.15) is 0 Å². The highest BCUT2D eigenvalue weighted by Gasteiger charge is 2.08. The number of para-hydroxylation sites is 1. The van der Waals surface area contributed by atoms with Gasteiger partial charge in [0.05, 0.1) is 12.8 Å². The van der Waals surface area contributed by atoms with Crippen LogP contribution in [0.5, 0.6) is 5.75 Å². The van der Waals surface area contributed by atoms with Crippen LogP contribution in [0.25, 0.3) is 16.9 Å². The number of nitrogens with zero attached hydrogens (tertiary/aromatic N) is 2. The van der Waals surface area contributed by atoms with Crippen molar-refractivity contribution in [3.8, 4) is 17.0 Å². The normalized spacial score (nSPS) is 10.7. The number of methoxy groups -OCH3 is 1. The van der Waals surface area contributed by atoms with Gasteiger partial charge in [0, 0.05) is 23.6 Å². The van der Waals surface area contributed by atoms with Gasteiger partial charge in [-0.25, -0.2) is 4.98 Å². The number of hydrogen-bond acceptors (Lipinski definition) is 3. The van der Waals surface area contributed by atoms with E-state index in [1.165, 1.54) is 0 Å². The molecule has 18 heavy (non-hydrogen) atoms. The standard InChI is InChI=1S/C14H13N3O/c1-18-13-5-3-2-4-11(13)12-9-17-8-10(15)6-7-14(17)16-12/h2-9H,15H2,1H3. The molecule has 0 aliphatic rings. The maximum Gasteiger partial charge on any atom is 0.137 e.